The van der Waals surface area contributed by atoms with Crippen molar-refractivity contribution in [2.45, 2.75) is 39.5 Å². The molecule has 0 spiro atoms. The van der Waals surface area contributed by atoms with Gasteiger partial charge in [0.2, 0.25) is 0 Å². The van der Waals surface area contributed by atoms with Gasteiger partial charge in [-0.15, -0.1) is 0 Å². The first-order valence-corrected chi connectivity index (χ1v) is 7.24. The van der Waals surface area contributed by atoms with Crippen LogP contribution in [0.1, 0.15) is 39.5 Å². The minimum atomic E-state index is 0. The first-order chi connectivity index (χ1) is 9.83. The van der Waals surface area contributed by atoms with Gasteiger partial charge in [0.25, 0.3) is 0 Å². The molecule has 1 nitrogen and oxygen atoms in total. The third-order valence-electron chi connectivity index (χ3n) is 1.92. The first-order valence-electron chi connectivity index (χ1n) is 7.24. The average Bonchev–Trinajstić information content (AvgIpc) is 2.59. The Kier molecular flexibility index (Phi) is 87.9. The van der Waals surface area contributed by atoms with Crippen molar-refractivity contribution in [1.29, 1.82) is 0 Å². The van der Waals surface area contributed by atoms with E-state index in [0.29, 0.717) is 0 Å². The molecule has 2 aromatic rings. The van der Waals surface area contributed by atoms with Crippen LogP contribution in [-0.2, 0) is 43.4 Å². The van der Waals surface area contributed by atoms with Gasteiger partial charge in [-0.2, -0.15) is 85.6 Å². The molecule has 2 radical (unpaired) electrons. The zero-order valence-corrected chi connectivity index (χ0v) is 19.6. The van der Waals surface area contributed by atoms with Crippen LogP contribution in [0.3, 0.4) is 0 Å². The fourth-order valence-electron chi connectivity index (χ4n) is 0.684. The minimum Gasteiger partial charge on any atom is -0.412 e. The van der Waals surface area contributed by atoms with Gasteiger partial charge in [-0.3, -0.25) is 0 Å². The Morgan fingerprint density at radius 1 is 0.600 bits per heavy atom. The Morgan fingerprint density at radius 3 is 0.840 bits per heavy atom. The van der Waals surface area contributed by atoms with E-state index < -0.39 is 0 Å². The summed E-state index contributed by atoms with van der Waals surface area (Å²) in [4.78, 5) is 0. The molecular formula is C22H36OTi2. The Labute approximate surface area is 189 Å². The SMILES string of the molecule is O.[CH2-]CCC.[CH2-]CCC.[CH3-].[CH3-].[Ti+3].[Ti+3].[c-]1ccccc1.[c-]1ccccc1. The fourth-order valence-corrected chi connectivity index (χ4v) is 0.684. The quantitative estimate of drug-likeness (QED) is 0.411. The number of rotatable bonds is 2. The van der Waals surface area contributed by atoms with Gasteiger partial charge >= 0.3 is 43.4 Å². The monoisotopic (exact) mass is 412 g/mol. The van der Waals surface area contributed by atoms with Crippen molar-refractivity contribution in [3.05, 3.63) is 101 Å². The van der Waals surface area contributed by atoms with Crippen molar-refractivity contribution >= 4 is 0 Å². The van der Waals surface area contributed by atoms with Gasteiger partial charge < -0.3 is 34.2 Å². The van der Waals surface area contributed by atoms with Gasteiger partial charge in [-0.05, 0) is 0 Å². The molecule has 25 heavy (non-hydrogen) atoms. The summed E-state index contributed by atoms with van der Waals surface area (Å²) in [6.07, 6.45) is 4.56. The molecule has 2 rings (SSSR count). The summed E-state index contributed by atoms with van der Waals surface area (Å²) in [7, 11) is 0. The predicted molar refractivity (Wildman–Crippen MR) is 108 cm³/mol. The number of unbranched alkanes of at least 4 members (excludes halogenated alkanes) is 2. The zero-order chi connectivity index (χ0) is 15.3. The topological polar surface area (TPSA) is 31.5 Å². The van der Waals surface area contributed by atoms with Gasteiger partial charge in [0.05, 0.1) is 0 Å². The van der Waals surface area contributed by atoms with Crippen LogP contribution < -0.4 is 0 Å². The Balaban J connectivity index is -0.0000000330. The molecule has 0 bridgehead atoms. The van der Waals surface area contributed by atoms with E-state index in [1.165, 1.54) is 12.8 Å². The maximum atomic E-state index is 3.60. The van der Waals surface area contributed by atoms with E-state index in [2.05, 4.69) is 39.8 Å². The first kappa shape index (κ1) is 44.4. The molecule has 0 aromatic heterocycles. The van der Waals surface area contributed by atoms with Gasteiger partial charge in [0.1, 0.15) is 0 Å². The summed E-state index contributed by atoms with van der Waals surface area (Å²) >= 11 is 0. The second-order valence-electron chi connectivity index (χ2n) is 3.86. The van der Waals surface area contributed by atoms with Crippen LogP contribution in [0, 0.1) is 40.8 Å². The van der Waals surface area contributed by atoms with Gasteiger partial charge in [0, 0.05) is 0 Å². The van der Waals surface area contributed by atoms with Crippen LogP contribution in [-0.4, -0.2) is 5.48 Å². The Morgan fingerprint density at radius 2 is 0.800 bits per heavy atom. The van der Waals surface area contributed by atoms with Crippen molar-refractivity contribution in [3.8, 4) is 0 Å². The van der Waals surface area contributed by atoms with Gasteiger partial charge in [-0.1, -0.05) is 26.7 Å². The van der Waals surface area contributed by atoms with Crippen molar-refractivity contribution in [1.82, 2.24) is 0 Å². The molecule has 0 aliphatic carbocycles. The molecule has 0 saturated heterocycles. The molecular weight excluding hydrogens is 376 g/mol. The molecule has 0 heterocycles. The van der Waals surface area contributed by atoms with E-state index >= 15 is 0 Å². The third-order valence-corrected chi connectivity index (χ3v) is 1.92. The van der Waals surface area contributed by atoms with Gasteiger partial charge in [-0.25, -0.2) is 0 Å². The molecule has 2 aromatic carbocycles. The van der Waals surface area contributed by atoms with E-state index in [1.54, 1.807) is 0 Å². The van der Waals surface area contributed by atoms with Crippen LogP contribution >= 0.6 is 0 Å². The summed E-state index contributed by atoms with van der Waals surface area (Å²) in [5.41, 5.74) is 0. The molecule has 0 fully saturated rings. The van der Waals surface area contributed by atoms with Crippen molar-refractivity contribution < 1.29 is 48.9 Å². The van der Waals surface area contributed by atoms with E-state index in [-0.39, 0.29) is 63.8 Å². The summed E-state index contributed by atoms with van der Waals surface area (Å²) < 4.78 is 0. The van der Waals surface area contributed by atoms with E-state index in [1.807, 2.05) is 60.7 Å². The van der Waals surface area contributed by atoms with Crippen LogP contribution in [0.15, 0.2) is 60.7 Å². The van der Waals surface area contributed by atoms with Crippen molar-refractivity contribution in [2.75, 3.05) is 0 Å². The average molecular weight is 412 g/mol. The molecule has 0 unspecified atom stereocenters. The molecule has 0 aliphatic rings. The molecule has 3 heteroatoms. The minimum absolute atomic E-state index is 0. The molecule has 0 atom stereocenters. The second kappa shape index (κ2) is 49.6. The smallest absolute Gasteiger partial charge is 0.412 e. The molecule has 0 amide bonds. The van der Waals surface area contributed by atoms with Crippen LogP contribution in [0.25, 0.3) is 0 Å². The van der Waals surface area contributed by atoms with Crippen molar-refractivity contribution in [3.63, 3.8) is 0 Å². The molecule has 138 valence electrons. The maximum absolute atomic E-state index is 3.60. The van der Waals surface area contributed by atoms with Gasteiger partial charge in [0.15, 0.2) is 0 Å². The normalized spacial score (nSPS) is 6.24. The Hall–Kier alpha value is -0.171. The summed E-state index contributed by atoms with van der Waals surface area (Å²) in [5.74, 6) is 0. The van der Waals surface area contributed by atoms with E-state index in [0.717, 1.165) is 12.8 Å². The number of hydrogen-bond acceptors (Lipinski definition) is 0. The third kappa shape index (κ3) is 59.4. The van der Waals surface area contributed by atoms with Crippen LogP contribution in [0.2, 0.25) is 0 Å². The summed E-state index contributed by atoms with van der Waals surface area (Å²) in [5, 5.41) is 0. The Bertz CT molecular complexity index is 235. The van der Waals surface area contributed by atoms with Crippen molar-refractivity contribution in [2.24, 2.45) is 0 Å². The predicted octanol–water partition coefficient (Wildman–Crippen LogP) is 6.29. The number of benzene rings is 2. The van der Waals surface area contributed by atoms with E-state index in [4.69, 9.17) is 0 Å². The zero-order valence-electron chi connectivity index (χ0n) is 16.5. The standard InChI is InChI=1S/2C6H5.2C4H9.2CH3.H2O.2Ti/c2*1-2-4-6-5-3-1;2*1-3-4-2;;;;;/h2*1-5H;2*1,3-4H2,2H3;2*1H3;1H2;;/q6*-1;;2*+3. The molecule has 0 aliphatic heterocycles. The summed E-state index contributed by atoms with van der Waals surface area (Å²) in [6.45, 7) is 11.4. The molecule has 2 N–H and O–H groups in total. The number of hydrogen-bond donors (Lipinski definition) is 0. The maximum Gasteiger partial charge on any atom is 3.00 e. The summed E-state index contributed by atoms with van der Waals surface area (Å²) in [6, 6.07) is 25.0. The second-order valence-corrected chi connectivity index (χ2v) is 3.86. The van der Waals surface area contributed by atoms with E-state index in [9.17, 15) is 0 Å². The largest absolute Gasteiger partial charge is 3.00 e. The van der Waals surface area contributed by atoms with Crippen LogP contribution in [0.4, 0.5) is 0 Å². The van der Waals surface area contributed by atoms with Crippen LogP contribution in [0.5, 0.6) is 0 Å². The fraction of sp³-hybridized carbons (Fsp3) is 0.273. The molecule has 0 saturated carbocycles.